The largest absolute Gasteiger partial charge is 0.392 e. The highest BCUT2D eigenvalue weighted by Gasteiger charge is 2.20. The number of hydrogen-bond acceptors (Lipinski definition) is 3. The summed E-state index contributed by atoms with van der Waals surface area (Å²) in [6, 6.07) is 7.85. The Morgan fingerprint density at radius 2 is 1.76 bits per heavy atom. The van der Waals surface area contributed by atoms with E-state index in [-0.39, 0.29) is 12.5 Å². The number of hydrogen-bond donors (Lipinski definition) is 1. The van der Waals surface area contributed by atoms with E-state index in [2.05, 4.69) is 11.9 Å². The fraction of sp³-hybridized carbons (Fsp3) is 0.588. The van der Waals surface area contributed by atoms with Crippen LogP contribution in [0, 0.1) is 0 Å². The molecular formula is C17H26N2O2. The van der Waals surface area contributed by atoms with Gasteiger partial charge in [0.25, 0.3) is 5.91 Å². The smallest absolute Gasteiger partial charge is 0.253 e. The Kier molecular flexibility index (Phi) is 5.76. The van der Waals surface area contributed by atoms with Crippen molar-refractivity contribution < 1.29 is 9.90 Å². The molecule has 0 radical (unpaired) electrons. The summed E-state index contributed by atoms with van der Waals surface area (Å²) < 4.78 is 0. The topological polar surface area (TPSA) is 43.8 Å². The molecule has 21 heavy (non-hydrogen) atoms. The highest BCUT2D eigenvalue weighted by Crippen LogP contribution is 2.22. The number of carbonyl (C=O) groups is 1. The Hall–Kier alpha value is -1.39. The average Bonchev–Trinajstić information content (AvgIpc) is 3.06. The van der Waals surface area contributed by atoms with Gasteiger partial charge in [-0.25, -0.2) is 0 Å². The second kappa shape index (κ2) is 7.57. The summed E-state index contributed by atoms with van der Waals surface area (Å²) in [6.45, 7) is 1.67. The molecule has 1 amide bonds. The standard InChI is InChI=1S/C17H26N2O2/c1-18(16-5-3-4-6-16)11-12-19(2)17(21)15-9-7-14(13-20)8-10-15/h7-10,16,20H,3-6,11-13H2,1-2H3. The molecule has 0 aliphatic heterocycles. The van der Waals surface area contributed by atoms with Gasteiger partial charge in [-0.15, -0.1) is 0 Å². The molecule has 2 rings (SSSR count). The highest BCUT2D eigenvalue weighted by atomic mass is 16.3. The molecule has 0 atom stereocenters. The first-order valence-electron chi connectivity index (χ1n) is 7.77. The van der Waals surface area contributed by atoms with Gasteiger partial charge in [0.1, 0.15) is 0 Å². The van der Waals surface area contributed by atoms with Gasteiger partial charge in [-0.1, -0.05) is 25.0 Å². The Balaban J connectivity index is 1.83. The minimum Gasteiger partial charge on any atom is -0.392 e. The second-order valence-corrected chi connectivity index (χ2v) is 6.00. The Morgan fingerprint density at radius 3 is 2.33 bits per heavy atom. The summed E-state index contributed by atoms with van der Waals surface area (Å²) in [4.78, 5) is 16.5. The maximum atomic E-state index is 12.3. The predicted octanol–water partition coefficient (Wildman–Crippen LogP) is 2.13. The molecule has 4 nitrogen and oxygen atoms in total. The molecule has 1 N–H and O–H groups in total. The lowest BCUT2D eigenvalue weighted by Gasteiger charge is -2.26. The van der Waals surface area contributed by atoms with E-state index in [9.17, 15) is 4.79 Å². The minimum absolute atomic E-state index is 0.0104. The maximum Gasteiger partial charge on any atom is 0.253 e. The van der Waals surface area contributed by atoms with Gasteiger partial charge in [0, 0.05) is 31.7 Å². The molecule has 1 aliphatic rings. The van der Waals surface area contributed by atoms with Gasteiger partial charge in [0.2, 0.25) is 0 Å². The van der Waals surface area contributed by atoms with Gasteiger partial charge in [0.15, 0.2) is 0 Å². The van der Waals surface area contributed by atoms with Crippen molar-refractivity contribution in [2.45, 2.75) is 38.3 Å². The Bertz CT molecular complexity index is 452. The summed E-state index contributed by atoms with van der Waals surface area (Å²) in [5.41, 5.74) is 1.51. The lowest BCUT2D eigenvalue weighted by molar-refractivity contribution is 0.0774. The molecule has 1 aromatic carbocycles. The first-order chi connectivity index (χ1) is 10.1. The number of aliphatic hydroxyl groups excluding tert-OH is 1. The van der Waals surface area contributed by atoms with E-state index < -0.39 is 0 Å². The van der Waals surface area contributed by atoms with E-state index in [1.807, 2.05) is 7.05 Å². The van der Waals surface area contributed by atoms with Crippen LogP contribution in [0.1, 0.15) is 41.6 Å². The van der Waals surface area contributed by atoms with Crippen molar-refractivity contribution in [3.8, 4) is 0 Å². The molecule has 116 valence electrons. The highest BCUT2D eigenvalue weighted by molar-refractivity contribution is 5.94. The number of amides is 1. The fourth-order valence-electron chi connectivity index (χ4n) is 2.91. The van der Waals surface area contributed by atoms with E-state index in [1.54, 1.807) is 29.2 Å². The van der Waals surface area contributed by atoms with Gasteiger partial charge in [-0.2, -0.15) is 0 Å². The summed E-state index contributed by atoms with van der Waals surface area (Å²) in [5, 5.41) is 9.02. The zero-order valence-electron chi connectivity index (χ0n) is 13.1. The molecule has 0 heterocycles. The minimum atomic E-state index is 0.0104. The van der Waals surface area contributed by atoms with Crippen LogP contribution < -0.4 is 0 Å². The van der Waals surface area contributed by atoms with Crippen molar-refractivity contribution in [2.24, 2.45) is 0 Å². The zero-order valence-corrected chi connectivity index (χ0v) is 13.1. The third-order valence-corrected chi connectivity index (χ3v) is 4.47. The van der Waals surface area contributed by atoms with Crippen LogP contribution in [-0.2, 0) is 6.61 Å². The third-order valence-electron chi connectivity index (χ3n) is 4.47. The predicted molar refractivity (Wildman–Crippen MR) is 84.2 cm³/mol. The zero-order chi connectivity index (χ0) is 15.2. The van der Waals surface area contributed by atoms with Crippen LogP contribution in [0.25, 0.3) is 0 Å². The number of rotatable bonds is 6. The van der Waals surface area contributed by atoms with E-state index in [4.69, 9.17) is 5.11 Å². The number of carbonyl (C=O) groups excluding carboxylic acids is 1. The fourth-order valence-corrected chi connectivity index (χ4v) is 2.91. The molecule has 4 heteroatoms. The SMILES string of the molecule is CN(CCN(C)C1CCCC1)C(=O)c1ccc(CO)cc1. The van der Waals surface area contributed by atoms with Crippen LogP contribution in [0.2, 0.25) is 0 Å². The van der Waals surface area contributed by atoms with Crippen molar-refractivity contribution in [1.29, 1.82) is 0 Å². The van der Waals surface area contributed by atoms with Crippen molar-refractivity contribution in [1.82, 2.24) is 9.80 Å². The van der Waals surface area contributed by atoms with Crippen LogP contribution >= 0.6 is 0 Å². The Labute approximate surface area is 127 Å². The van der Waals surface area contributed by atoms with Crippen LogP contribution in [0.5, 0.6) is 0 Å². The van der Waals surface area contributed by atoms with Crippen molar-refractivity contribution in [3.63, 3.8) is 0 Å². The van der Waals surface area contributed by atoms with Gasteiger partial charge >= 0.3 is 0 Å². The quantitative estimate of drug-likeness (QED) is 0.873. The number of aliphatic hydroxyl groups is 1. The van der Waals surface area contributed by atoms with Crippen LogP contribution in [-0.4, -0.2) is 54.0 Å². The molecule has 0 spiro atoms. The summed E-state index contributed by atoms with van der Waals surface area (Å²) in [7, 11) is 4.01. The van der Waals surface area contributed by atoms with Crippen LogP contribution in [0.3, 0.4) is 0 Å². The first kappa shape index (κ1) is 16.0. The van der Waals surface area contributed by atoms with Gasteiger partial charge in [-0.3, -0.25) is 4.79 Å². The van der Waals surface area contributed by atoms with E-state index in [0.717, 1.165) is 18.7 Å². The number of nitrogens with zero attached hydrogens (tertiary/aromatic N) is 2. The monoisotopic (exact) mass is 290 g/mol. The van der Waals surface area contributed by atoms with E-state index in [1.165, 1.54) is 25.7 Å². The van der Waals surface area contributed by atoms with E-state index >= 15 is 0 Å². The molecule has 0 aromatic heterocycles. The number of benzene rings is 1. The third kappa shape index (κ3) is 4.29. The lowest BCUT2D eigenvalue weighted by Crippen LogP contribution is -2.38. The summed E-state index contributed by atoms with van der Waals surface area (Å²) in [5.74, 6) is 0.0410. The normalized spacial score (nSPS) is 15.6. The average molecular weight is 290 g/mol. The van der Waals surface area contributed by atoms with Gasteiger partial charge < -0.3 is 14.9 Å². The molecule has 1 aromatic rings. The van der Waals surface area contributed by atoms with Crippen molar-refractivity contribution in [3.05, 3.63) is 35.4 Å². The summed E-state index contributed by atoms with van der Waals surface area (Å²) in [6.07, 6.45) is 5.25. The lowest BCUT2D eigenvalue weighted by atomic mass is 10.1. The Morgan fingerprint density at radius 1 is 1.14 bits per heavy atom. The molecule has 1 fully saturated rings. The van der Waals surface area contributed by atoms with Gasteiger partial charge in [0.05, 0.1) is 6.61 Å². The molecule has 0 unspecified atom stereocenters. The summed E-state index contributed by atoms with van der Waals surface area (Å²) >= 11 is 0. The second-order valence-electron chi connectivity index (χ2n) is 6.00. The van der Waals surface area contributed by atoms with Gasteiger partial charge in [-0.05, 0) is 37.6 Å². The molecular weight excluding hydrogens is 264 g/mol. The van der Waals surface area contributed by atoms with Crippen molar-refractivity contribution >= 4 is 5.91 Å². The molecule has 1 aliphatic carbocycles. The van der Waals surface area contributed by atoms with E-state index in [0.29, 0.717) is 11.6 Å². The molecule has 0 saturated heterocycles. The number of likely N-dealkylation sites (N-methyl/N-ethyl adjacent to an activating group) is 2. The molecule has 1 saturated carbocycles. The van der Waals surface area contributed by atoms with Crippen LogP contribution in [0.15, 0.2) is 24.3 Å². The molecule has 0 bridgehead atoms. The maximum absolute atomic E-state index is 12.3. The van der Waals surface area contributed by atoms with Crippen LogP contribution in [0.4, 0.5) is 0 Å². The first-order valence-corrected chi connectivity index (χ1v) is 7.77. The van der Waals surface area contributed by atoms with Crippen molar-refractivity contribution in [2.75, 3.05) is 27.2 Å².